The van der Waals surface area contributed by atoms with E-state index in [0.717, 1.165) is 16.7 Å². The van der Waals surface area contributed by atoms with Gasteiger partial charge in [0.25, 0.3) is 5.91 Å². The van der Waals surface area contributed by atoms with Gasteiger partial charge in [0.1, 0.15) is 5.75 Å². The minimum Gasteiger partial charge on any atom is -0.494 e. The number of carbonyl (C=O) groups excluding carboxylic acids is 1. The van der Waals surface area contributed by atoms with Crippen LogP contribution < -0.4 is 15.6 Å². The van der Waals surface area contributed by atoms with Crippen molar-refractivity contribution in [1.82, 2.24) is 10.9 Å². The second kappa shape index (κ2) is 16.0. The quantitative estimate of drug-likeness (QED) is 0.0412. The highest BCUT2D eigenvalue weighted by Gasteiger charge is 2.54. The average Bonchev–Trinajstić information content (AvgIpc) is 3.45. The molecular weight excluding hydrogens is 663 g/mol. The third kappa shape index (κ3) is 8.36. The maximum absolute atomic E-state index is 14.5. The molecule has 0 saturated carbocycles. The van der Waals surface area contributed by atoms with Gasteiger partial charge in [-0.05, 0) is 70.8 Å². The van der Waals surface area contributed by atoms with Crippen molar-refractivity contribution in [3.05, 3.63) is 144 Å². The van der Waals surface area contributed by atoms with Gasteiger partial charge in [-0.25, -0.2) is 10.4 Å². The SMILES string of the molecule is [N-]=[N+]=NCc1ccccc1C[C@]1(C(=O)NNCc2ccc(Cl)cc2)N=C(c2ccc(OCCCO)cc2)O[C@H]1c1ccc(Cl)cc1Cl. The lowest BCUT2D eigenvalue weighted by Gasteiger charge is -2.32. The number of ether oxygens (including phenoxy) is 2. The summed E-state index contributed by atoms with van der Waals surface area (Å²) in [6.07, 6.45) is -0.396. The zero-order valence-electron chi connectivity index (χ0n) is 25.1. The summed E-state index contributed by atoms with van der Waals surface area (Å²) in [5.74, 6) is 0.365. The first-order chi connectivity index (χ1) is 22.8. The standard InChI is InChI=1S/C34H31Cl3N6O4/c35-26-10-6-22(7-11-26)20-39-42-33(45)34(19-24-4-1-2-5-25(24)21-40-43-38)31(29-15-12-27(36)18-30(29)37)47-32(41-34)23-8-13-28(14-9-23)46-17-3-16-44/h1-2,4-15,18,31,39,44H,3,16-17,19-21H2,(H,42,45)/t31-,34-/m0/s1. The third-order valence-corrected chi connectivity index (χ3v) is 8.38. The Morgan fingerprint density at radius 2 is 1.72 bits per heavy atom. The number of amides is 1. The topological polar surface area (TPSA) is 141 Å². The molecule has 0 aromatic heterocycles. The average molecular weight is 694 g/mol. The van der Waals surface area contributed by atoms with E-state index in [4.69, 9.17) is 59.9 Å². The Hall–Kier alpha value is -4.28. The summed E-state index contributed by atoms with van der Waals surface area (Å²) in [6.45, 7) is 0.794. The molecule has 1 aliphatic heterocycles. The van der Waals surface area contributed by atoms with Crippen LogP contribution in [0.4, 0.5) is 0 Å². The molecule has 10 nitrogen and oxygen atoms in total. The lowest BCUT2D eigenvalue weighted by atomic mass is 9.81. The summed E-state index contributed by atoms with van der Waals surface area (Å²) in [7, 11) is 0. The van der Waals surface area contributed by atoms with E-state index in [1.54, 1.807) is 54.6 Å². The van der Waals surface area contributed by atoms with Gasteiger partial charge in [-0.2, -0.15) is 0 Å². The maximum atomic E-state index is 14.5. The Bertz CT molecular complexity index is 1780. The van der Waals surface area contributed by atoms with E-state index in [9.17, 15) is 4.79 Å². The molecule has 13 heteroatoms. The zero-order chi connectivity index (χ0) is 33.2. The van der Waals surface area contributed by atoms with Gasteiger partial charge in [0, 0.05) is 57.1 Å². The largest absolute Gasteiger partial charge is 0.494 e. The Morgan fingerprint density at radius 1 is 1.00 bits per heavy atom. The van der Waals surface area contributed by atoms with Crippen molar-refractivity contribution in [2.24, 2.45) is 10.1 Å². The van der Waals surface area contributed by atoms with Crippen LogP contribution in [0.15, 0.2) is 101 Å². The molecule has 47 heavy (non-hydrogen) atoms. The molecule has 4 aromatic rings. The smallest absolute Gasteiger partial charge is 0.266 e. The predicted octanol–water partition coefficient (Wildman–Crippen LogP) is 7.54. The Kier molecular flexibility index (Phi) is 11.6. The predicted molar refractivity (Wildman–Crippen MR) is 183 cm³/mol. The lowest BCUT2D eigenvalue weighted by molar-refractivity contribution is -0.130. The molecule has 5 rings (SSSR count). The van der Waals surface area contributed by atoms with Gasteiger partial charge in [0.15, 0.2) is 11.6 Å². The number of hydrogen-bond acceptors (Lipinski definition) is 7. The Labute approximate surface area is 286 Å². The molecule has 0 fully saturated rings. The van der Waals surface area contributed by atoms with Gasteiger partial charge < -0.3 is 14.6 Å². The normalized spacial score (nSPS) is 16.9. The van der Waals surface area contributed by atoms with Crippen molar-refractivity contribution in [2.75, 3.05) is 13.2 Å². The van der Waals surface area contributed by atoms with Gasteiger partial charge >= 0.3 is 0 Å². The van der Waals surface area contributed by atoms with Gasteiger partial charge in [0.05, 0.1) is 13.2 Å². The minimum absolute atomic E-state index is 0.0298. The molecule has 0 spiro atoms. The van der Waals surface area contributed by atoms with E-state index in [-0.39, 0.29) is 25.5 Å². The minimum atomic E-state index is -1.58. The second-order valence-corrected chi connectivity index (χ2v) is 12.0. The van der Waals surface area contributed by atoms with Crippen LogP contribution in [0.2, 0.25) is 15.1 Å². The number of azide groups is 1. The number of halogens is 3. The maximum Gasteiger partial charge on any atom is 0.266 e. The summed E-state index contributed by atoms with van der Waals surface area (Å²) in [6, 6.07) is 26.7. The zero-order valence-corrected chi connectivity index (χ0v) is 27.3. The van der Waals surface area contributed by atoms with E-state index < -0.39 is 17.6 Å². The fraction of sp³-hybridized carbons (Fsp3) is 0.235. The summed E-state index contributed by atoms with van der Waals surface area (Å²) in [5, 5.41) is 14.2. The van der Waals surface area contributed by atoms with Gasteiger partial charge in [-0.1, -0.05) is 82.4 Å². The van der Waals surface area contributed by atoms with Crippen LogP contribution in [0.5, 0.6) is 5.75 Å². The van der Waals surface area contributed by atoms with E-state index in [2.05, 4.69) is 20.9 Å². The molecule has 1 amide bonds. The monoisotopic (exact) mass is 692 g/mol. The molecule has 1 heterocycles. The number of benzene rings is 4. The summed E-state index contributed by atoms with van der Waals surface area (Å²) in [5.41, 5.74) is 16.8. The number of aliphatic hydroxyl groups is 1. The van der Waals surface area contributed by atoms with Crippen LogP contribution in [-0.2, 0) is 29.0 Å². The van der Waals surface area contributed by atoms with Gasteiger partial charge in [-0.15, -0.1) is 0 Å². The Balaban J connectivity index is 1.58. The number of aliphatic hydroxyl groups excluding tert-OH is 1. The summed E-state index contributed by atoms with van der Waals surface area (Å²) < 4.78 is 12.3. The van der Waals surface area contributed by atoms with Crippen molar-refractivity contribution >= 4 is 46.6 Å². The van der Waals surface area contributed by atoms with Crippen LogP contribution in [0.1, 0.15) is 40.3 Å². The number of carbonyl (C=O) groups is 1. The first kappa shape index (κ1) is 34.1. The van der Waals surface area contributed by atoms with Crippen molar-refractivity contribution in [3.63, 3.8) is 0 Å². The van der Waals surface area contributed by atoms with Crippen molar-refractivity contribution in [2.45, 2.75) is 37.6 Å². The number of hydrogen-bond donors (Lipinski definition) is 3. The lowest BCUT2D eigenvalue weighted by Crippen LogP contribution is -2.53. The molecular formula is C34H31Cl3N6O4. The number of nitrogens with zero attached hydrogens (tertiary/aromatic N) is 4. The van der Waals surface area contributed by atoms with E-state index in [0.29, 0.717) is 51.5 Å². The fourth-order valence-corrected chi connectivity index (χ4v) is 5.83. The molecule has 0 unspecified atom stereocenters. The summed E-state index contributed by atoms with van der Waals surface area (Å²) in [4.78, 5) is 22.5. The molecule has 0 aliphatic carbocycles. The van der Waals surface area contributed by atoms with Crippen LogP contribution >= 0.6 is 34.8 Å². The van der Waals surface area contributed by atoms with Crippen LogP contribution in [0.3, 0.4) is 0 Å². The molecule has 242 valence electrons. The van der Waals surface area contributed by atoms with Gasteiger partial charge in [0.2, 0.25) is 5.90 Å². The van der Waals surface area contributed by atoms with Crippen LogP contribution in [0, 0.1) is 0 Å². The van der Waals surface area contributed by atoms with Crippen LogP contribution in [-0.4, -0.2) is 35.7 Å². The summed E-state index contributed by atoms with van der Waals surface area (Å²) >= 11 is 19.1. The molecule has 0 saturated heterocycles. The number of rotatable bonds is 14. The van der Waals surface area contributed by atoms with Crippen molar-refractivity contribution in [1.29, 1.82) is 0 Å². The van der Waals surface area contributed by atoms with E-state index in [1.807, 2.05) is 36.4 Å². The Morgan fingerprint density at radius 3 is 2.43 bits per heavy atom. The molecule has 1 aliphatic rings. The number of aliphatic imine (C=N–C) groups is 1. The second-order valence-electron chi connectivity index (χ2n) is 10.7. The molecule has 2 atom stereocenters. The highest BCUT2D eigenvalue weighted by molar-refractivity contribution is 6.35. The first-order valence-corrected chi connectivity index (χ1v) is 15.9. The van der Waals surface area contributed by atoms with Crippen molar-refractivity contribution < 1.29 is 19.4 Å². The van der Waals surface area contributed by atoms with Crippen molar-refractivity contribution in [3.8, 4) is 5.75 Å². The molecule has 3 N–H and O–H groups in total. The van der Waals surface area contributed by atoms with E-state index >= 15 is 0 Å². The first-order valence-electron chi connectivity index (χ1n) is 14.7. The van der Waals surface area contributed by atoms with Crippen LogP contribution in [0.25, 0.3) is 10.4 Å². The molecule has 4 aromatic carbocycles. The molecule has 0 bridgehead atoms. The fourth-order valence-electron chi connectivity index (χ4n) is 5.19. The van der Waals surface area contributed by atoms with Gasteiger partial charge in [-0.3, -0.25) is 10.2 Å². The highest BCUT2D eigenvalue weighted by atomic mass is 35.5. The number of nitrogens with one attached hydrogen (secondary N) is 2. The molecule has 0 radical (unpaired) electrons. The highest BCUT2D eigenvalue weighted by Crippen LogP contribution is 2.45. The number of hydrazine groups is 1. The van der Waals surface area contributed by atoms with E-state index in [1.165, 1.54) is 0 Å². The third-order valence-electron chi connectivity index (χ3n) is 7.57.